The number of rotatable bonds is 0. The minimum absolute atomic E-state index is 0.0384. The van der Waals surface area contributed by atoms with E-state index < -0.39 is 0 Å². The molecule has 1 amide bonds. The van der Waals surface area contributed by atoms with Crippen molar-refractivity contribution >= 4 is 28.4 Å². The van der Waals surface area contributed by atoms with Gasteiger partial charge in [-0.1, -0.05) is 17.7 Å². The molecular weight excluding hydrogens is 212 g/mol. The Balaban J connectivity index is 2.41. The molecule has 1 aromatic heterocycles. The van der Waals surface area contributed by atoms with Crippen LogP contribution in [0.5, 0.6) is 0 Å². The fourth-order valence-corrected chi connectivity index (χ4v) is 2.39. The minimum Gasteiger partial charge on any atom is -0.350 e. The summed E-state index contributed by atoms with van der Waals surface area (Å²) < 4.78 is 0. The highest BCUT2D eigenvalue weighted by Gasteiger charge is 2.22. The van der Waals surface area contributed by atoms with Crippen LogP contribution in [0.3, 0.4) is 0 Å². The molecule has 0 saturated carbocycles. The molecule has 0 saturated heterocycles. The van der Waals surface area contributed by atoms with Gasteiger partial charge in [-0.2, -0.15) is 0 Å². The zero-order valence-electron chi connectivity index (χ0n) is 7.93. The number of halogens is 1. The van der Waals surface area contributed by atoms with E-state index in [1.807, 2.05) is 18.2 Å². The van der Waals surface area contributed by atoms with Gasteiger partial charge in [0.05, 0.1) is 5.02 Å². The summed E-state index contributed by atoms with van der Waals surface area (Å²) in [6, 6.07) is 5.67. The SMILES string of the molecule is O=C1NCCc2c1[nH]c1cccc(Cl)c21. The van der Waals surface area contributed by atoms with Crippen LogP contribution in [-0.2, 0) is 6.42 Å². The Morgan fingerprint density at radius 1 is 1.33 bits per heavy atom. The monoisotopic (exact) mass is 220 g/mol. The summed E-state index contributed by atoms with van der Waals surface area (Å²) >= 11 is 6.13. The van der Waals surface area contributed by atoms with Gasteiger partial charge in [0.15, 0.2) is 0 Å². The number of H-pyrrole nitrogens is 1. The number of carbonyl (C=O) groups excluding carboxylic acids is 1. The Labute approximate surface area is 91.4 Å². The number of fused-ring (bicyclic) bond motifs is 3. The van der Waals surface area contributed by atoms with Crippen LogP contribution in [0.4, 0.5) is 0 Å². The molecule has 0 aliphatic carbocycles. The van der Waals surface area contributed by atoms with Crippen LogP contribution in [0.1, 0.15) is 16.1 Å². The van der Waals surface area contributed by atoms with E-state index in [2.05, 4.69) is 10.3 Å². The summed E-state index contributed by atoms with van der Waals surface area (Å²) in [5.41, 5.74) is 2.63. The number of hydrogen-bond donors (Lipinski definition) is 2. The number of nitrogens with one attached hydrogen (secondary N) is 2. The third kappa shape index (κ3) is 1.16. The Morgan fingerprint density at radius 3 is 3.07 bits per heavy atom. The van der Waals surface area contributed by atoms with E-state index in [0.717, 1.165) is 22.9 Å². The van der Waals surface area contributed by atoms with E-state index in [1.165, 1.54) is 0 Å². The largest absolute Gasteiger partial charge is 0.350 e. The predicted molar refractivity (Wildman–Crippen MR) is 59.3 cm³/mol. The van der Waals surface area contributed by atoms with Crippen LogP contribution in [-0.4, -0.2) is 17.4 Å². The number of aromatic nitrogens is 1. The van der Waals surface area contributed by atoms with Gasteiger partial charge in [0, 0.05) is 17.4 Å². The Morgan fingerprint density at radius 2 is 2.20 bits per heavy atom. The standard InChI is InChI=1S/C11H9ClN2O/c12-7-2-1-3-8-9(7)6-4-5-13-11(15)10(6)14-8/h1-3,14H,4-5H2,(H,13,15). The maximum atomic E-state index is 11.6. The fraction of sp³-hybridized carbons (Fsp3) is 0.182. The summed E-state index contributed by atoms with van der Waals surface area (Å²) in [7, 11) is 0. The molecule has 0 radical (unpaired) electrons. The van der Waals surface area contributed by atoms with Crippen molar-refractivity contribution in [1.29, 1.82) is 0 Å². The molecule has 3 rings (SSSR count). The molecule has 2 N–H and O–H groups in total. The van der Waals surface area contributed by atoms with Gasteiger partial charge in [0.2, 0.25) is 0 Å². The average Bonchev–Trinajstić information content (AvgIpc) is 2.59. The first-order chi connectivity index (χ1) is 7.27. The molecule has 0 spiro atoms. The lowest BCUT2D eigenvalue weighted by Crippen LogP contribution is -2.31. The second-order valence-corrected chi connectivity index (χ2v) is 4.05. The van der Waals surface area contributed by atoms with Crippen LogP contribution < -0.4 is 5.32 Å². The average molecular weight is 221 g/mol. The van der Waals surface area contributed by atoms with E-state index >= 15 is 0 Å². The fourth-order valence-electron chi connectivity index (χ4n) is 2.10. The van der Waals surface area contributed by atoms with Gasteiger partial charge in [0.25, 0.3) is 5.91 Å². The van der Waals surface area contributed by atoms with E-state index in [4.69, 9.17) is 11.6 Å². The number of benzene rings is 1. The number of amides is 1. The van der Waals surface area contributed by atoms with Crippen molar-refractivity contribution in [3.05, 3.63) is 34.5 Å². The van der Waals surface area contributed by atoms with Crippen molar-refractivity contribution in [2.24, 2.45) is 0 Å². The summed E-state index contributed by atoms with van der Waals surface area (Å²) in [5.74, 6) is -0.0384. The smallest absolute Gasteiger partial charge is 0.268 e. The zero-order chi connectivity index (χ0) is 10.4. The van der Waals surface area contributed by atoms with Gasteiger partial charge < -0.3 is 10.3 Å². The third-order valence-corrected chi connectivity index (χ3v) is 3.08. The van der Waals surface area contributed by atoms with Crippen molar-refractivity contribution in [3.8, 4) is 0 Å². The quantitative estimate of drug-likeness (QED) is 0.702. The molecule has 0 atom stereocenters. The molecule has 0 fully saturated rings. The molecule has 76 valence electrons. The van der Waals surface area contributed by atoms with Gasteiger partial charge in [-0.15, -0.1) is 0 Å². The topological polar surface area (TPSA) is 44.9 Å². The minimum atomic E-state index is -0.0384. The lowest BCUT2D eigenvalue weighted by atomic mass is 10.0. The lowest BCUT2D eigenvalue weighted by Gasteiger charge is -2.12. The van der Waals surface area contributed by atoms with Crippen LogP contribution in [0.15, 0.2) is 18.2 Å². The predicted octanol–water partition coefficient (Wildman–Crippen LogP) is 2.11. The highest BCUT2D eigenvalue weighted by molar-refractivity contribution is 6.36. The molecule has 0 bridgehead atoms. The maximum absolute atomic E-state index is 11.6. The van der Waals surface area contributed by atoms with Crippen LogP contribution in [0.2, 0.25) is 5.02 Å². The highest BCUT2D eigenvalue weighted by atomic mass is 35.5. The first-order valence-electron chi connectivity index (χ1n) is 4.84. The Bertz CT molecular complexity index is 559. The number of carbonyl (C=O) groups is 1. The molecule has 1 aliphatic rings. The van der Waals surface area contributed by atoms with E-state index in [0.29, 0.717) is 17.3 Å². The summed E-state index contributed by atoms with van der Waals surface area (Å²) in [5, 5.41) is 4.50. The Kier molecular flexibility index (Phi) is 1.76. The normalized spacial score (nSPS) is 15.1. The van der Waals surface area contributed by atoms with Gasteiger partial charge in [0.1, 0.15) is 5.69 Å². The molecule has 4 heteroatoms. The highest BCUT2D eigenvalue weighted by Crippen LogP contribution is 2.30. The summed E-state index contributed by atoms with van der Waals surface area (Å²) in [4.78, 5) is 14.7. The van der Waals surface area contributed by atoms with Crippen molar-refractivity contribution in [2.45, 2.75) is 6.42 Å². The molecule has 1 aromatic carbocycles. The van der Waals surface area contributed by atoms with Crippen molar-refractivity contribution < 1.29 is 4.79 Å². The molecule has 1 aliphatic heterocycles. The first kappa shape index (κ1) is 8.80. The number of hydrogen-bond acceptors (Lipinski definition) is 1. The second-order valence-electron chi connectivity index (χ2n) is 3.65. The third-order valence-electron chi connectivity index (χ3n) is 2.76. The molecule has 2 aromatic rings. The number of aromatic amines is 1. The van der Waals surface area contributed by atoms with Gasteiger partial charge >= 0.3 is 0 Å². The van der Waals surface area contributed by atoms with E-state index in [-0.39, 0.29) is 5.91 Å². The Hall–Kier alpha value is -1.48. The maximum Gasteiger partial charge on any atom is 0.268 e. The van der Waals surface area contributed by atoms with Crippen molar-refractivity contribution in [1.82, 2.24) is 10.3 Å². The van der Waals surface area contributed by atoms with Crippen LogP contribution in [0.25, 0.3) is 10.9 Å². The van der Waals surface area contributed by atoms with Gasteiger partial charge in [-0.05, 0) is 24.1 Å². The zero-order valence-corrected chi connectivity index (χ0v) is 8.69. The van der Waals surface area contributed by atoms with Gasteiger partial charge in [-0.25, -0.2) is 0 Å². The summed E-state index contributed by atoms with van der Waals surface area (Å²) in [6.45, 7) is 0.685. The molecule has 0 unspecified atom stereocenters. The second kappa shape index (κ2) is 3.00. The van der Waals surface area contributed by atoms with Crippen molar-refractivity contribution in [2.75, 3.05) is 6.54 Å². The van der Waals surface area contributed by atoms with E-state index in [9.17, 15) is 4.79 Å². The lowest BCUT2D eigenvalue weighted by molar-refractivity contribution is 0.0942. The molecule has 3 nitrogen and oxygen atoms in total. The molecular formula is C11H9ClN2O. The van der Waals surface area contributed by atoms with E-state index in [1.54, 1.807) is 0 Å². The summed E-state index contributed by atoms with van der Waals surface area (Å²) in [6.07, 6.45) is 0.838. The van der Waals surface area contributed by atoms with Gasteiger partial charge in [-0.3, -0.25) is 4.79 Å². The van der Waals surface area contributed by atoms with Crippen LogP contribution >= 0.6 is 11.6 Å². The van der Waals surface area contributed by atoms with Crippen molar-refractivity contribution in [3.63, 3.8) is 0 Å². The molecule has 15 heavy (non-hydrogen) atoms. The first-order valence-corrected chi connectivity index (χ1v) is 5.22. The molecule has 2 heterocycles. The van der Waals surface area contributed by atoms with Crippen LogP contribution in [0, 0.1) is 0 Å².